The summed E-state index contributed by atoms with van der Waals surface area (Å²) in [5, 5.41) is 7.70. The Balaban J connectivity index is 1.59. The van der Waals surface area contributed by atoms with E-state index in [0.717, 1.165) is 42.2 Å². The lowest BCUT2D eigenvalue weighted by Gasteiger charge is -2.21. The topological polar surface area (TPSA) is 33.3 Å². The van der Waals surface area contributed by atoms with Gasteiger partial charge in [-0.25, -0.2) is 4.39 Å². The SMILES string of the molecule is CC(COCc1ccc(F)cc1)Nc1c(Cl)ccc2c1CCNCC2. The van der Waals surface area contributed by atoms with E-state index in [1.807, 2.05) is 6.07 Å². The predicted octanol–water partition coefficient (Wildman–Crippen LogP) is 4.18. The number of hydrogen-bond acceptors (Lipinski definition) is 3. The predicted molar refractivity (Wildman–Crippen MR) is 101 cm³/mol. The molecule has 3 nitrogen and oxygen atoms in total. The smallest absolute Gasteiger partial charge is 0.123 e. The summed E-state index contributed by atoms with van der Waals surface area (Å²) in [6, 6.07) is 10.6. The lowest BCUT2D eigenvalue weighted by molar-refractivity contribution is 0.115. The highest BCUT2D eigenvalue weighted by Gasteiger charge is 2.16. The van der Waals surface area contributed by atoms with Crippen LogP contribution in [0.3, 0.4) is 0 Å². The monoisotopic (exact) mass is 362 g/mol. The van der Waals surface area contributed by atoms with E-state index in [-0.39, 0.29) is 11.9 Å². The summed E-state index contributed by atoms with van der Waals surface area (Å²) in [7, 11) is 0. The standard InChI is InChI=1S/C20H24ClFN2O/c1-14(12-25-13-15-2-5-17(22)6-3-15)24-20-18-9-11-23-10-8-16(18)4-7-19(20)21/h2-7,14,23-24H,8-13H2,1H3. The minimum atomic E-state index is -0.229. The highest BCUT2D eigenvalue weighted by atomic mass is 35.5. The van der Waals surface area contributed by atoms with Gasteiger partial charge < -0.3 is 15.4 Å². The van der Waals surface area contributed by atoms with E-state index in [1.54, 1.807) is 12.1 Å². The molecule has 5 heteroatoms. The maximum absolute atomic E-state index is 12.9. The molecule has 0 fully saturated rings. The van der Waals surface area contributed by atoms with Crippen LogP contribution in [0.15, 0.2) is 36.4 Å². The van der Waals surface area contributed by atoms with Crippen LogP contribution in [-0.2, 0) is 24.2 Å². The maximum atomic E-state index is 12.9. The first kappa shape index (κ1) is 18.2. The van der Waals surface area contributed by atoms with Crippen molar-refractivity contribution in [1.82, 2.24) is 5.32 Å². The zero-order valence-electron chi connectivity index (χ0n) is 14.4. The first-order valence-electron chi connectivity index (χ1n) is 8.73. The molecule has 2 N–H and O–H groups in total. The quantitative estimate of drug-likeness (QED) is 0.808. The van der Waals surface area contributed by atoms with Crippen molar-refractivity contribution in [3.63, 3.8) is 0 Å². The van der Waals surface area contributed by atoms with Crippen molar-refractivity contribution in [2.75, 3.05) is 25.0 Å². The number of halogens is 2. The highest BCUT2D eigenvalue weighted by molar-refractivity contribution is 6.33. The van der Waals surface area contributed by atoms with Crippen molar-refractivity contribution >= 4 is 17.3 Å². The van der Waals surface area contributed by atoms with Gasteiger partial charge in [0.15, 0.2) is 0 Å². The van der Waals surface area contributed by atoms with Crippen molar-refractivity contribution < 1.29 is 9.13 Å². The van der Waals surface area contributed by atoms with Gasteiger partial charge >= 0.3 is 0 Å². The van der Waals surface area contributed by atoms with Gasteiger partial charge in [-0.2, -0.15) is 0 Å². The fourth-order valence-electron chi connectivity index (χ4n) is 3.12. The van der Waals surface area contributed by atoms with E-state index < -0.39 is 0 Å². The fraction of sp³-hybridized carbons (Fsp3) is 0.400. The molecular formula is C20H24ClFN2O. The van der Waals surface area contributed by atoms with E-state index in [1.165, 1.54) is 23.3 Å². The van der Waals surface area contributed by atoms with Crippen LogP contribution in [0.2, 0.25) is 5.02 Å². The molecule has 0 spiro atoms. The summed E-state index contributed by atoms with van der Waals surface area (Å²) >= 11 is 6.44. The van der Waals surface area contributed by atoms with Crippen LogP contribution in [0.25, 0.3) is 0 Å². The molecule has 1 atom stereocenters. The minimum absolute atomic E-state index is 0.126. The Morgan fingerprint density at radius 1 is 1.16 bits per heavy atom. The average molecular weight is 363 g/mol. The van der Waals surface area contributed by atoms with Crippen molar-refractivity contribution in [3.8, 4) is 0 Å². The summed E-state index contributed by atoms with van der Waals surface area (Å²) in [5.41, 5.74) is 4.66. The third-order valence-electron chi connectivity index (χ3n) is 4.42. The Bertz CT molecular complexity index is 706. The second kappa shape index (κ2) is 8.65. The van der Waals surface area contributed by atoms with Gasteiger partial charge in [0, 0.05) is 6.04 Å². The molecule has 0 bridgehead atoms. The molecule has 134 valence electrons. The summed E-state index contributed by atoms with van der Waals surface area (Å²) in [4.78, 5) is 0. The molecule has 0 saturated carbocycles. The van der Waals surface area contributed by atoms with Gasteiger partial charge in [0.1, 0.15) is 5.82 Å². The van der Waals surface area contributed by atoms with Crippen molar-refractivity contribution in [3.05, 3.63) is 63.9 Å². The Labute approximate surface area is 153 Å². The maximum Gasteiger partial charge on any atom is 0.123 e. The number of rotatable bonds is 6. The summed E-state index contributed by atoms with van der Waals surface area (Å²) in [6.07, 6.45) is 2.00. The molecule has 0 saturated heterocycles. The second-order valence-corrected chi connectivity index (χ2v) is 6.90. The van der Waals surface area contributed by atoms with Crippen LogP contribution in [-0.4, -0.2) is 25.7 Å². The third kappa shape index (κ3) is 4.94. The zero-order chi connectivity index (χ0) is 17.6. The molecule has 1 aliphatic rings. The van der Waals surface area contributed by atoms with Gasteiger partial charge in [0.25, 0.3) is 0 Å². The molecule has 0 amide bonds. The van der Waals surface area contributed by atoms with E-state index >= 15 is 0 Å². The van der Waals surface area contributed by atoms with Crippen molar-refractivity contribution in [1.29, 1.82) is 0 Å². The lowest BCUT2D eigenvalue weighted by Crippen LogP contribution is -2.23. The number of fused-ring (bicyclic) bond motifs is 1. The third-order valence-corrected chi connectivity index (χ3v) is 4.74. The molecule has 1 heterocycles. The van der Waals surface area contributed by atoms with Crippen LogP contribution in [0.4, 0.5) is 10.1 Å². The Morgan fingerprint density at radius 2 is 1.92 bits per heavy atom. The molecule has 1 aliphatic heterocycles. The minimum Gasteiger partial charge on any atom is -0.379 e. The van der Waals surface area contributed by atoms with Crippen LogP contribution in [0, 0.1) is 5.82 Å². The first-order valence-corrected chi connectivity index (χ1v) is 9.11. The molecule has 0 radical (unpaired) electrons. The van der Waals surface area contributed by atoms with Gasteiger partial charge in [0.2, 0.25) is 0 Å². The van der Waals surface area contributed by atoms with Gasteiger partial charge in [-0.3, -0.25) is 0 Å². The number of anilines is 1. The van der Waals surface area contributed by atoms with Gasteiger partial charge in [-0.15, -0.1) is 0 Å². The van der Waals surface area contributed by atoms with Gasteiger partial charge in [-0.05, 0) is 67.7 Å². The summed E-state index contributed by atoms with van der Waals surface area (Å²) in [5.74, 6) is -0.229. The lowest BCUT2D eigenvalue weighted by atomic mass is 10.0. The Kier molecular flexibility index (Phi) is 6.29. The van der Waals surface area contributed by atoms with Gasteiger partial charge in [0.05, 0.1) is 23.9 Å². The van der Waals surface area contributed by atoms with Crippen LogP contribution >= 0.6 is 11.6 Å². The second-order valence-electron chi connectivity index (χ2n) is 6.50. The number of ether oxygens (including phenoxy) is 1. The Hall–Kier alpha value is -1.62. The van der Waals surface area contributed by atoms with E-state index in [4.69, 9.17) is 16.3 Å². The van der Waals surface area contributed by atoms with Crippen LogP contribution < -0.4 is 10.6 Å². The molecule has 1 unspecified atom stereocenters. The molecular weight excluding hydrogens is 339 g/mol. The summed E-state index contributed by atoms with van der Waals surface area (Å²) < 4.78 is 18.7. The molecule has 2 aromatic rings. The largest absolute Gasteiger partial charge is 0.379 e. The average Bonchev–Trinajstić information content (AvgIpc) is 2.85. The molecule has 0 aliphatic carbocycles. The van der Waals surface area contributed by atoms with Crippen molar-refractivity contribution in [2.45, 2.75) is 32.4 Å². The molecule has 0 aromatic heterocycles. The van der Waals surface area contributed by atoms with E-state index in [9.17, 15) is 4.39 Å². The number of nitrogens with one attached hydrogen (secondary N) is 2. The normalized spacial score (nSPS) is 15.3. The zero-order valence-corrected chi connectivity index (χ0v) is 15.2. The van der Waals surface area contributed by atoms with Crippen molar-refractivity contribution in [2.24, 2.45) is 0 Å². The van der Waals surface area contributed by atoms with Crippen LogP contribution in [0.1, 0.15) is 23.6 Å². The fourth-order valence-corrected chi connectivity index (χ4v) is 3.35. The number of benzene rings is 2. The van der Waals surface area contributed by atoms with Crippen LogP contribution in [0.5, 0.6) is 0 Å². The molecule has 2 aromatic carbocycles. The molecule has 25 heavy (non-hydrogen) atoms. The summed E-state index contributed by atoms with van der Waals surface area (Å²) in [6.45, 7) is 5.07. The Morgan fingerprint density at radius 3 is 2.72 bits per heavy atom. The van der Waals surface area contributed by atoms with E-state index in [0.29, 0.717) is 13.2 Å². The van der Waals surface area contributed by atoms with Gasteiger partial charge in [-0.1, -0.05) is 29.8 Å². The highest BCUT2D eigenvalue weighted by Crippen LogP contribution is 2.31. The number of hydrogen-bond donors (Lipinski definition) is 2. The molecule has 3 rings (SSSR count). The first-order chi connectivity index (χ1) is 12.1. The van der Waals surface area contributed by atoms with E-state index in [2.05, 4.69) is 23.6 Å².